The van der Waals surface area contributed by atoms with Crippen LogP contribution in [0.3, 0.4) is 0 Å². The van der Waals surface area contributed by atoms with Crippen LogP contribution in [-0.4, -0.2) is 14.8 Å². The fraction of sp³-hybridized carbons (Fsp3) is 0.385. The van der Waals surface area contributed by atoms with E-state index in [-0.39, 0.29) is 0 Å². The predicted octanol–water partition coefficient (Wildman–Crippen LogP) is 2.64. The van der Waals surface area contributed by atoms with Crippen LogP contribution in [0.4, 0.5) is 8.78 Å². The van der Waals surface area contributed by atoms with Crippen molar-refractivity contribution >= 4 is 11.8 Å². The van der Waals surface area contributed by atoms with Crippen molar-refractivity contribution in [3.8, 4) is 0 Å². The summed E-state index contributed by atoms with van der Waals surface area (Å²) >= 11 is 1.40. The lowest BCUT2D eigenvalue weighted by Gasteiger charge is -2.07. The van der Waals surface area contributed by atoms with Gasteiger partial charge in [-0.05, 0) is 24.5 Å². The number of nitrogens with zero attached hydrogens (tertiary/aromatic N) is 3. The van der Waals surface area contributed by atoms with E-state index in [0.29, 0.717) is 23.9 Å². The first kappa shape index (κ1) is 13.5. The molecule has 1 heterocycles. The molecule has 7 heteroatoms. The molecular formula is C13H14F2N4S. The second-order valence-corrected chi connectivity index (χ2v) is 5.67. The molecule has 2 aromatic rings. The Morgan fingerprint density at radius 2 is 2.10 bits per heavy atom. The highest BCUT2D eigenvalue weighted by atomic mass is 32.2. The molecule has 3 rings (SSSR count). The van der Waals surface area contributed by atoms with Gasteiger partial charge in [0.2, 0.25) is 0 Å². The summed E-state index contributed by atoms with van der Waals surface area (Å²) in [5, 5.41) is 8.91. The van der Waals surface area contributed by atoms with Gasteiger partial charge in [0.15, 0.2) is 5.16 Å². The van der Waals surface area contributed by atoms with Gasteiger partial charge in [0.25, 0.3) is 0 Å². The van der Waals surface area contributed by atoms with Crippen LogP contribution in [0, 0.1) is 11.6 Å². The van der Waals surface area contributed by atoms with Crippen LogP contribution in [0.15, 0.2) is 23.4 Å². The molecule has 1 aliphatic rings. The van der Waals surface area contributed by atoms with Gasteiger partial charge in [0, 0.05) is 17.9 Å². The molecule has 1 aromatic heterocycles. The Morgan fingerprint density at radius 1 is 1.30 bits per heavy atom. The van der Waals surface area contributed by atoms with Crippen LogP contribution in [0.2, 0.25) is 0 Å². The summed E-state index contributed by atoms with van der Waals surface area (Å²) in [6, 6.07) is 4.03. The van der Waals surface area contributed by atoms with Crippen LogP contribution in [0.1, 0.15) is 30.3 Å². The van der Waals surface area contributed by atoms with Crippen LogP contribution in [0.25, 0.3) is 0 Å². The van der Waals surface area contributed by atoms with E-state index >= 15 is 0 Å². The molecule has 20 heavy (non-hydrogen) atoms. The number of halogens is 2. The molecule has 0 unspecified atom stereocenters. The first-order chi connectivity index (χ1) is 9.69. The summed E-state index contributed by atoms with van der Waals surface area (Å²) in [6.07, 6.45) is 2.20. The standard InChI is InChI=1S/C13H14F2N4S/c14-9-2-1-8(11(15)5-9)7-20-13-18-17-12(6-16)19(13)10-3-4-10/h1-2,5,10H,3-4,6-7,16H2. The maximum atomic E-state index is 13.6. The van der Waals surface area contributed by atoms with Crippen LogP contribution in [0.5, 0.6) is 0 Å². The Morgan fingerprint density at radius 3 is 2.75 bits per heavy atom. The van der Waals surface area contributed by atoms with E-state index in [0.717, 1.165) is 29.9 Å². The Hall–Kier alpha value is -1.47. The fourth-order valence-electron chi connectivity index (χ4n) is 2.03. The van der Waals surface area contributed by atoms with Gasteiger partial charge in [0.1, 0.15) is 17.5 Å². The first-order valence-electron chi connectivity index (χ1n) is 6.39. The molecule has 2 N–H and O–H groups in total. The van der Waals surface area contributed by atoms with Crippen molar-refractivity contribution < 1.29 is 8.78 Å². The fourth-order valence-corrected chi connectivity index (χ4v) is 3.04. The molecular weight excluding hydrogens is 282 g/mol. The minimum absolute atomic E-state index is 0.342. The SMILES string of the molecule is NCc1nnc(SCc2ccc(F)cc2F)n1C1CC1. The van der Waals surface area contributed by atoms with Gasteiger partial charge in [-0.25, -0.2) is 8.78 Å². The molecule has 1 aromatic carbocycles. The highest BCUT2D eigenvalue weighted by molar-refractivity contribution is 7.98. The number of nitrogens with two attached hydrogens (primary N) is 1. The van der Waals surface area contributed by atoms with E-state index in [1.807, 2.05) is 4.57 Å². The third-order valence-corrected chi connectivity index (χ3v) is 4.19. The highest BCUT2D eigenvalue weighted by Crippen LogP contribution is 2.39. The average Bonchev–Trinajstić information content (AvgIpc) is 3.18. The van der Waals surface area contributed by atoms with Crippen molar-refractivity contribution in [1.29, 1.82) is 0 Å². The molecule has 0 amide bonds. The zero-order valence-electron chi connectivity index (χ0n) is 10.7. The van der Waals surface area contributed by atoms with Gasteiger partial charge in [-0.15, -0.1) is 10.2 Å². The number of aromatic nitrogens is 3. The van der Waals surface area contributed by atoms with Crippen LogP contribution >= 0.6 is 11.8 Å². The van der Waals surface area contributed by atoms with Crippen molar-refractivity contribution in [3.63, 3.8) is 0 Å². The normalized spacial score (nSPS) is 14.8. The highest BCUT2D eigenvalue weighted by Gasteiger charge is 2.29. The molecule has 0 bridgehead atoms. The molecule has 1 fully saturated rings. The van der Waals surface area contributed by atoms with Crippen LogP contribution in [-0.2, 0) is 12.3 Å². The lowest BCUT2D eigenvalue weighted by Crippen LogP contribution is -2.08. The van der Waals surface area contributed by atoms with Crippen molar-refractivity contribution in [2.75, 3.05) is 0 Å². The van der Waals surface area contributed by atoms with Gasteiger partial charge in [-0.1, -0.05) is 17.8 Å². The summed E-state index contributed by atoms with van der Waals surface area (Å²) < 4.78 is 28.5. The Balaban J connectivity index is 1.76. The summed E-state index contributed by atoms with van der Waals surface area (Å²) in [4.78, 5) is 0. The first-order valence-corrected chi connectivity index (χ1v) is 7.38. The molecule has 0 spiro atoms. The zero-order valence-corrected chi connectivity index (χ0v) is 11.5. The second-order valence-electron chi connectivity index (χ2n) is 4.73. The molecule has 106 valence electrons. The molecule has 0 atom stereocenters. The summed E-state index contributed by atoms with van der Waals surface area (Å²) in [5.74, 6) is 0.0491. The third-order valence-electron chi connectivity index (χ3n) is 3.20. The van der Waals surface area contributed by atoms with E-state index in [2.05, 4.69) is 10.2 Å². The van der Waals surface area contributed by atoms with Gasteiger partial charge < -0.3 is 10.3 Å². The maximum absolute atomic E-state index is 13.6. The van der Waals surface area contributed by atoms with Crippen molar-refractivity contribution in [1.82, 2.24) is 14.8 Å². The number of benzene rings is 1. The van der Waals surface area contributed by atoms with Crippen LogP contribution < -0.4 is 5.73 Å². The van der Waals surface area contributed by atoms with Gasteiger partial charge in [-0.3, -0.25) is 0 Å². The summed E-state index contributed by atoms with van der Waals surface area (Å²) in [6.45, 7) is 0.342. The van der Waals surface area contributed by atoms with E-state index in [9.17, 15) is 8.78 Å². The zero-order chi connectivity index (χ0) is 14.1. The number of hydrogen-bond donors (Lipinski definition) is 1. The topological polar surface area (TPSA) is 56.7 Å². The van der Waals surface area contributed by atoms with E-state index in [4.69, 9.17) is 5.73 Å². The molecule has 0 radical (unpaired) electrons. The van der Waals surface area contributed by atoms with Gasteiger partial charge >= 0.3 is 0 Å². The minimum atomic E-state index is -0.567. The van der Waals surface area contributed by atoms with Gasteiger partial charge in [-0.2, -0.15) is 0 Å². The molecule has 1 saturated carbocycles. The molecule has 0 aliphatic heterocycles. The number of rotatable bonds is 5. The summed E-state index contributed by atoms with van der Waals surface area (Å²) in [5.41, 5.74) is 6.10. The minimum Gasteiger partial charge on any atom is -0.324 e. The maximum Gasteiger partial charge on any atom is 0.191 e. The Bertz CT molecular complexity index is 625. The summed E-state index contributed by atoms with van der Waals surface area (Å²) in [7, 11) is 0. The predicted molar refractivity (Wildman–Crippen MR) is 72.1 cm³/mol. The van der Waals surface area contributed by atoms with Gasteiger partial charge in [0.05, 0.1) is 6.54 Å². The van der Waals surface area contributed by atoms with E-state index in [1.165, 1.54) is 23.9 Å². The average molecular weight is 296 g/mol. The Kier molecular flexibility index (Phi) is 3.71. The monoisotopic (exact) mass is 296 g/mol. The lowest BCUT2D eigenvalue weighted by molar-refractivity contribution is 0.576. The van der Waals surface area contributed by atoms with E-state index in [1.54, 1.807) is 0 Å². The Labute approximate surface area is 119 Å². The molecule has 1 aliphatic carbocycles. The van der Waals surface area contributed by atoms with Crippen molar-refractivity contribution in [2.45, 2.75) is 36.3 Å². The quantitative estimate of drug-likeness (QED) is 0.862. The molecule has 0 saturated heterocycles. The van der Waals surface area contributed by atoms with E-state index < -0.39 is 11.6 Å². The molecule has 4 nitrogen and oxygen atoms in total. The van der Waals surface area contributed by atoms with Crippen molar-refractivity contribution in [3.05, 3.63) is 41.2 Å². The smallest absolute Gasteiger partial charge is 0.191 e. The largest absolute Gasteiger partial charge is 0.324 e. The lowest BCUT2D eigenvalue weighted by atomic mass is 10.2. The second kappa shape index (κ2) is 5.49. The van der Waals surface area contributed by atoms with Crippen molar-refractivity contribution in [2.24, 2.45) is 5.73 Å². The number of hydrogen-bond acceptors (Lipinski definition) is 4. The third kappa shape index (κ3) is 2.69. The number of thioether (sulfide) groups is 1.